The minimum absolute atomic E-state index is 0.728. The van der Waals surface area contributed by atoms with E-state index in [1.807, 2.05) is 5.40 Å². The van der Waals surface area contributed by atoms with Gasteiger partial charge in [0, 0.05) is 0 Å². The van der Waals surface area contributed by atoms with Gasteiger partial charge in [0.15, 0.2) is 5.79 Å². The minimum Gasteiger partial charge on any atom is -0.389 e. The Morgan fingerprint density at radius 3 is 2.12 bits per heavy atom. The summed E-state index contributed by atoms with van der Waals surface area (Å²) in [5, 5.41) is 39.4. The highest BCUT2D eigenvalue weighted by molar-refractivity contribution is 8.04. The molecule has 0 unspecified atom stereocenters. The van der Waals surface area contributed by atoms with Crippen molar-refractivity contribution in [1.82, 2.24) is 0 Å². The molecule has 0 aromatic rings. The first kappa shape index (κ1) is 13.1. The van der Waals surface area contributed by atoms with Gasteiger partial charge < -0.3 is 24.8 Å². The molecule has 96 valence electrons. The Labute approximate surface area is 103 Å². The number of hydrogen-bond donors (Lipinski definition) is 3. The summed E-state index contributed by atoms with van der Waals surface area (Å²) in [4.78, 5) is 0. The van der Waals surface area contributed by atoms with E-state index in [1.165, 1.54) is 0 Å². The van der Waals surface area contributed by atoms with E-state index in [0.717, 1.165) is 11.8 Å². The van der Waals surface area contributed by atoms with E-state index in [0.29, 0.717) is 0 Å². The quantitative estimate of drug-likeness (QED) is 0.530. The van der Waals surface area contributed by atoms with Crippen molar-refractivity contribution in [3.05, 3.63) is 0 Å². The smallest absolute Gasteiger partial charge is 0.164 e. The molecule has 0 aromatic carbocycles. The van der Waals surface area contributed by atoms with Crippen LogP contribution in [0.15, 0.2) is 0 Å². The molecule has 2 rings (SSSR count). The summed E-state index contributed by atoms with van der Waals surface area (Å²) in [7, 11) is 0. The molecule has 1 heterocycles. The standard InChI is InChI=1S/C10H15NO5S/c1-10(2)15-7-4(12)5(13)9(17-3-11)6(14)8(7)16-10/h4-9,12-14H,1-2H3/t4-,5+,6-,7+,8-,9-/m0/s1. The molecule has 0 amide bonds. The number of hydrogen-bond acceptors (Lipinski definition) is 7. The Bertz CT molecular complexity index is 344. The van der Waals surface area contributed by atoms with Crippen LogP contribution < -0.4 is 0 Å². The molecule has 7 heteroatoms. The van der Waals surface area contributed by atoms with Gasteiger partial charge in [0.2, 0.25) is 0 Å². The molecule has 2 fully saturated rings. The van der Waals surface area contributed by atoms with Crippen LogP contribution in [0.3, 0.4) is 0 Å². The van der Waals surface area contributed by atoms with E-state index in [2.05, 4.69) is 0 Å². The number of thiocyanates is 1. The summed E-state index contributed by atoms with van der Waals surface area (Å²) >= 11 is 0.731. The van der Waals surface area contributed by atoms with Crippen LogP contribution in [0, 0.1) is 10.7 Å². The second kappa shape index (κ2) is 4.39. The summed E-state index contributed by atoms with van der Waals surface area (Å²) in [6.45, 7) is 3.34. The lowest BCUT2D eigenvalue weighted by Gasteiger charge is -2.39. The molecule has 3 N–H and O–H groups in total. The summed E-state index contributed by atoms with van der Waals surface area (Å²) < 4.78 is 10.9. The van der Waals surface area contributed by atoms with Crippen LogP contribution in [0.4, 0.5) is 0 Å². The maximum Gasteiger partial charge on any atom is 0.164 e. The third kappa shape index (κ3) is 2.17. The summed E-state index contributed by atoms with van der Waals surface area (Å²) in [5.74, 6) is -0.913. The van der Waals surface area contributed by atoms with Crippen LogP contribution >= 0.6 is 11.8 Å². The highest BCUT2D eigenvalue weighted by Crippen LogP contribution is 2.40. The van der Waals surface area contributed by atoms with Gasteiger partial charge >= 0.3 is 0 Å². The van der Waals surface area contributed by atoms with Crippen molar-refractivity contribution in [3.63, 3.8) is 0 Å². The molecule has 1 aliphatic carbocycles. The zero-order chi connectivity index (χ0) is 12.8. The van der Waals surface area contributed by atoms with E-state index in [-0.39, 0.29) is 0 Å². The highest BCUT2D eigenvalue weighted by atomic mass is 32.2. The largest absolute Gasteiger partial charge is 0.389 e. The molecule has 0 spiro atoms. The normalized spacial score (nSPS) is 48.5. The number of thioether (sulfide) groups is 1. The van der Waals surface area contributed by atoms with Crippen LogP contribution in [0.5, 0.6) is 0 Å². The Hall–Kier alpha value is -0.360. The molecule has 17 heavy (non-hydrogen) atoms. The zero-order valence-electron chi connectivity index (χ0n) is 9.48. The molecular weight excluding hydrogens is 246 g/mol. The van der Waals surface area contributed by atoms with Crippen molar-refractivity contribution in [1.29, 1.82) is 5.26 Å². The molecule has 1 saturated heterocycles. The average Bonchev–Trinajstić information content (AvgIpc) is 2.58. The van der Waals surface area contributed by atoms with Gasteiger partial charge in [-0.1, -0.05) is 0 Å². The second-order valence-electron chi connectivity index (χ2n) is 4.71. The third-order valence-corrected chi connectivity index (χ3v) is 3.98. The van der Waals surface area contributed by atoms with Gasteiger partial charge in [-0.25, -0.2) is 0 Å². The Balaban J connectivity index is 2.23. The van der Waals surface area contributed by atoms with Crippen LogP contribution in [-0.2, 0) is 9.47 Å². The predicted molar refractivity (Wildman–Crippen MR) is 58.8 cm³/mol. The molecule has 6 nitrogen and oxygen atoms in total. The van der Waals surface area contributed by atoms with Gasteiger partial charge in [0.1, 0.15) is 23.7 Å². The van der Waals surface area contributed by atoms with Gasteiger partial charge in [-0.05, 0) is 25.6 Å². The van der Waals surface area contributed by atoms with Crippen molar-refractivity contribution in [2.45, 2.75) is 55.4 Å². The number of rotatable bonds is 1. The number of aliphatic hydroxyl groups is 3. The molecular formula is C10H15NO5S. The van der Waals surface area contributed by atoms with Gasteiger partial charge in [-0.3, -0.25) is 0 Å². The van der Waals surface area contributed by atoms with Crippen molar-refractivity contribution in [2.75, 3.05) is 0 Å². The fraction of sp³-hybridized carbons (Fsp3) is 0.900. The van der Waals surface area contributed by atoms with Gasteiger partial charge in [0.05, 0.1) is 17.5 Å². The lowest BCUT2D eigenvalue weighted by molar-refractivity contribution is -0.159. The lowest BCUT2D eigenvalue weighted by Crippen LogP contribution is -2.61. The van der Waals surface area contributed by atoms with Gasteiger partial charge in [-0.2, -0.15) is 5.26 Å². The first-order valence-corrected chi connectivity index (χ1v) is 6.20. The summed E-state index contributed by atoms with van der Waals surface area (Å²) in [6.07, 6.45) is -4.94. The van der Waals surface area contributed by atoms with Gasteiger partial charge in [0.25, 0.3) is 0 Å². The second-order valence-corrected chi connectivity index (χ2v) is 5.67. The van der Waals surface area contributed by atoms with E-state index < -0.39 is 41.6 Å². The first-order valence-electron chi connectivity index (χ1n) is 5.32. The van der Waals surface area contributed by atoms with E-state index in [4.69, 9.17) is 14.7 Å². The maximum atomic E-state index is 10.0. The Kier molecular flexibility index (Phi) is 3.38. The van der Waals surface area contributed by atoms with Crippen LogP contribution in [-0.4, -0.2) is 56.9 Å². The molecule has 2 aliphatic rings. The number of aliphatic hydroxyl groups excluding tert-OH is 3. The number of fused-ring (bicyclic) bond motifs is 1. The van der Waals surface area contributed by atoms with E-state index in [1.54, 1.807) is 13.8 Å². The van der Waals surface area contributed by atoms with Crippen molar-refractivity contribution < 1.29 is 24.8 Å². The number of ether oxygens (including phenoxy) is 2. The topological polar surface area (TPSA) is 103 Å². The lowest BCUT2D eigenvalue weighted by atomic mass is 9.87. The predicted octanol–water partition coefficient (Wildman–Crippen LogP) is -0.814. The monoisotopic (exact) mass is 261 g/mol. The fourth-order valence-electron chi connectivity index (χ4n) is 2.32. The zero-order valence-corrected chi connectivity index (χ0v) is 10.3. The Morgan fingerprint density at radius 2 is 1.59 bits per heavy atom. The molecule has 6 atom stereocenters. The average molecular weight is 261 g/mol. The van der Waals surface area contributed by atoms with Crippen molar-refractivity contribution in [2.24, 2.45) is 0 Å². The molecule has 1 saturated carbocycles. The third-order valence-electron chi connectivity index (χ3n) is 3.05. The van der Waals surface area contributed by atoms with Crippen molar-refractivity contribution in [3.8, 4) is 5.40 Å². The number of nitriles is 1. The Morgan fingerprint density at radius 1 is 1.06 bits per heavy atom. The van der Waals surface area contributed by atoms with Crippen molar-refractivity contribution >= 4 is 11.8 Å². The highest BCUT2D eigenvalue weighted by Gasteiger charge is 2.57. The maximum absolute atomic E-state index is 10.0. The summed E-state index contributed by atoms with van der Waals surface area (Å²) in [5.41, 5.74) is 0. The van der Waals surface area contributed by atoms with Crippen LogP contribution in [0.1, 0.15) is 13.8 Å². The first-order chi connectivity index (χ1) is 7.87. The van der Waals surface area contributed by atoms with Crippen LogP contribution in [0.2, 0.25) is 0 Å². The minimum atomic E-state index is -1.21. The molecule has 0 aromatic heterocycles. The SMILES string of the molecule is CC1(C)O[C@@H]2[C@@H](O)[C@@H](O)[C@H](SC#N)[C@@H](O)[C@@H]2O1. The summed E-state index contributed by atoms with van der Waals surface area (Å²) in [6, 6.07) is 0. The fourth-order valence-corrected chi connectivity index (χ4v) is 3.04. The molecule has 0 radical (unpaired) electrons. The van der Waals surface area contributed by atoms with Crippen LogP contribution in [0.25, 0.3) is 0 Å². The molecule has 1 aliphatic heterocycles. The van der Waals surface area contributed by atoms with Gasteiger partial charge in [-0.15, -0.1) is 0 Å². The number of nitrogens with zero attached hydrogens (tertiary/aromatic N) is 1. The van der Waals surface area contributed by atoms with E-state index >= 15 is 0 Å². The van der Waals surface area contributed by atoms with E-state index in [9.17, 15) is 15.3 Å². The molecule has 0 bridgehead atoms.